The largest absolute Gasteiger partial charge is 0.533 e. The van der Waals surface area contributed by atoms with Gasteiger partial charge in [-0.25, -0.2) is 0 Å². The summed E-state index contributed by atoms with van der Waals surface area (Å²) < 4.78 is 29.4. The number of rotatable bonds is 18. The third-order valence-corrected chi connectivity index (χ3v) is 41.2. The van der Waals surface area contributed by atoms with E-state index in [4.69, 9.17) is 17.7 Å². The number of benzene rings is 10. The predicted octanol–water partition coefficient (Wildman–Crippen LogP) is 9.40. The lowest BCUT2D eigenvalue weighted by molar-refractivity contribution is 0.318. The molecule has 10 aromatic carbocycles. The fraction of sp³-hybridized carbons (Fsp3) is 0.0625. The molecule has 0 aliphatic heterocycles. The van der Waals surface area contributed by atoms with Gasteiger partial charge < -0.3 is 17.7 Å². The van der Waals surface area contributed by atoms with Crippen molar-refractivity contribution >= 4 is 72.8 Å². The van der Waals surface area contributed by atoms with Crippen LogP contribution in [0.2, 0.25) is 0 Å². The molecule has 0 saturated heterocycles. The summed E-state index contributed by atoms with van der Waals surface area (Å²) in [5, 5.41) is 9.67. The van der Waals surface area contributed by atoms with E-state index in [1.807, 2.05) is 36.4 Å². The zero-order chi connectivity index (χ0) is 49.4. The van der Waals surface area contributed by atoms with E-state index < -0.39 is 31.3 Å². The van der Waals surface area contributed by atoms with Gasteiger partial charge in [0, 0.05) is 13.2 Å². The predicted molar refractivity (Wildman–Crippen MR) is 309 cm³/mol. The molecular formula is C64H60O4Si4. The van der Waals surface area contributed by atoms with Crippen molar-refractivity contribution in [2.45, 2.75) is 13.8 Å². The molecule has 0 radical (unpaired) electrons. The van der Waals surface area contributed by atoms with Crippen molar-refractivity contribution in [1.82, 2.24) is 0 Å². The molecule has 0 aliphatic carbocycles. The standard InChI is InChI=1S/C36H30O2Si2.C28H30O2Si2/c1-7-19-31(20-8-1)37-39(33-23-11-3-12-24-33,34-25-13-4-14-26-34)40(35-27-15-5-16-28-35,36-29-17-6-18-30-36)38-32-21-9-2-10-22-32;1-3-29-31(25-17-9-5-10-18-25,26-19-11-6-12-20-26)32(30-4-2,27-21-13-7-14-22-27)28-23-15-8-16-24-28/h1-30H;5-24H,3-4H2,1-2H3. The van der Waals surface area contributed by atoms with Crippen LogP contribution in [0.25, 0.3) is 0 Å². The molecule has 0 aromatic heterocycles. The molecule has 0 atom stereocenters. The van der Waals surface area contributed by atoms with E-state index in [0.717, 1.165) is 11.5 Å². The van der Waals surface area contributed by atoms with Gasteiger partial charge in [0.25, 0.3) is 15.7 Å². The van der Waals surface area contributed by atoms with E-state index in [2.05, 4.69) is 281 Å². The molecule has 4 nitrogen and oxygen atoms in total. The molecule has 0 saturated carbocycles. The molecular weight excluding hydrogens is 945 g/mol. The van der Waals surface area contributed by atoms with Gasteiger partial charge in [0.05, 0.1) is 0 Å². The molecule has 0 spiro atoms. The fourth-order valence-electron chi connectivity index (χ4n) is 10.4. The van der Waals surface area contributed by atoms with Crippen LogP contribution in [-0.2, 0) is 8.85 Å². The van der Waals surface area contributed by atoms with Gasteiger partial charge in [-0.3, -0.25) is 0 Å². The molecule has 72 heavy (non-hydrogen) atoms. The molecule has 356 valence electrons. The lowest BCUT2D eigenvalue weighted by Gasteiger charge is -2.47. The molecule has 0 N–H and O–H groups in total. The second-order valence-electron chi connectivity index (χ2n) is 17.3. The SMILES string of the molecule is CCO[Si](c1ccccc1)(c1ccccc1)[Si](OCC)(c1ccccc1)c1ccccc1.c1ccc(O[Si](c2ccccc2)(c2ccccc2)[Si](Oc2ccccc2)(c2ccccc2)c2ccccc2)cc1. The van der Waals surface area contributed by atoms with Gasteiger partial charge in [-0.05, 0) is 79.6 Å². The highest BCUT2D eigenvalue weighted by molar-refractivity contribution is 7.56. The van der Waals surface area contributed by atoms with E-state index in [-0.39, 0.29) is 0 Å². The Bertz CT molecular complexity index is 2750. The van der Waals surface area contributed by atoms with Crippen LogP contribution in [0.3, 0.4) is 0 Å². The highest BCUT2D eigenvalue weighted by Crippen LogP contribution is 2.29. The van der Waals surface area contributed by atoms with Crippen LogP contribution in [0.15, 0.2) is 303 Å². The van der Waals surface area contributed by atoms with Gasteiger partial charge in [0.2, 0.25) is 0 Å². The average molecular weight is 1010 g/mol. The third kappa shape index (κ3) is 9.68. The van der Waals surface area contributed by atoms with Crippen LogP contribution in [0.4, 0.5) is 0 Å². The third-order valence-electron chi connectivity index (χ3n) is 13.2. The van der Waals surface area contributed by atoms with Crippen molar-refractivity contribution < 1.29 is 17.7 Å². The van der Waals surface area contributed by atoms with Gasteiger partial charge in [0.15, 0.2) is 0 Å². The molecule has 0 fully saturated rings. The minimum atomic E-state index is -3.32. The monoisotopic (exact) mass is 1000 g/mol. The van der Waals surface area contributed by atoms with Crippen molar-refractivity contribution in [3.63, 3.8) is 0 Å². The van der Waals surface area contributed by atoms with Gasteiger partial charge in [0.1, 0.15) is 11.5 Å². The van der Waals surface area contributed by atoms with Crippen LogP contribution in [-0.4, -0.2) is 44.6 Å². The first kappa shape index (κ1) is 49.6. The van der Waals surface area contributed by atoms with Crippen LogP contribution >= 0.6 is 0 Å². The zero-order valence-corrected chi connectivity index (χ0v) is 44.9. The first-order valence-corrected chi connectivity index (χ1v) is 34.5. The first-order valence-electron chi connectivity index (χ1n) is 24.8. The molecule has 0 bridgehead atoms. The molecule has 8 heteroatoms. The smallest absolute Gasteiger partial charge is 0.352 e. The topological polar surface area (TPSA) is 36.9 Å². The maximum atomic E-state index is 7.60. The maximum absolute atomic E-state index is 7.60. The number of para-hydroxylation sites is 2. The van der Waals surface area contributed by atoms with Crippen LogP contribution in [0.5, 0.6) is 11.5 Å². The van der Waals surface area contributed by atoms with Gasteiger partial charge in [-0.15, -0.1) is 0 Å². The number of hydrogen-bond acceptors (Lipinski definition) is 4. The average Bonchev–Trinajstić information content (AvgIpc) is 3.47. The quantitative estimate of drug-likeness (QED) is 0.0804. The molecule has 10 aromatic rings. The van der Waals surface area contributed by atoms with Crippen LogP contribution < -0.4 is 50.3 Å². The Morgan fingerprint density at radius 2 is 0.361 bits per heavy atom. The molecule has 0 amide bonds. The maximum Gasteiger partial charge on any atom is 0.352 e. The Morgan fingerprint density at radius 1 is 0.208 bits per heavy atom. The van der Waals surface area contributed by atoms with E-state index in [0.29, 0.717) is 13.2 Å². The van der Waals surface area contributed by atoms with Crippen molar-refractivity contribution in [2.75, 3.05) is 13.2 Å². The molecule has 0 heterocycles. The summed E-state index contributed by atoms with van der Waals surface area (Å²) in [7, 11) is -12.5. The van der Waals surface area contributed by atoms with E-state index in [1.165, 1.54) is 41.5 Å². The Hall–Kier alpha value is -7.41. The number of hydrogen-bond donors (Lipinski definition) is 0. The van der Waals surface area contributed by atoms with Crippen molar-refractivity contribution in [3.8, 4) is 11.5 Å². The van der Waals surface area contributed by atoms with E-state index in [1.54, 1.807) is 0 Å². The summed E-state index contributed by atoms with van der Waals surface area (Å²) in [6.07, 6.45) is 0. The van der Waals surface area contributed by atoms with Gasteiger partial charge >= 0.3 is 15.7 Å². The Kier molecular flexibility index (Phi) is 16.3. The fourth-order valence-corrected chi connectivity index (χ4v) is 41.3. The van der Waals surface area contributed by atoms with Gasteiger partial charge in [-0.2, -0.15) is 0 Å². The van der Waals surface area contributed by atoms with Gasteiger partial charge in [-0.1, -0.05) is 279 Å². The lowest BCUT2D eigenvalue weighted by Crippen LogP contribution is -2.90. The lowest BCUT2D eigenvalue weighted by atomic mass is 10.3. The normalized spacial score (nSPS) is 11.7. The second-order valence-corrected chi connectivity index (χ2v) is 36.9. The Labute approximate surface area is 429 Å². The van der Waals surface area contributed by atoms with Crippen molar-refractivity contribution in [3.05, 3.63) is 303 Å². The summed E-state index contributed by atoms with van der Waals surface area (Å²) in [6, 6.07) is 107. The Balaban J connectivity index is 0.000000182. The zero-order valence-electron chi connectivity index (χ0n) is 40.9. The molecule has 10 rings (SSSR count). The van der Waals surface area contributed by atoms with Crippen molar-refractivity contribution in [2.24, 2.45) is 0 Å². The van der Waals surface area contributed by atoms with E-state index >= 15 is 0 Å². The first-order chi connectivity index (χ1) is 35.6. The summed E-state index contributed by atoms with van der Waals surface area (Å²) in [5.41, 5.74) is 0. The summed E-state index contributed by atoms with van der Waals surface area (Å²) in [6.45, 7) is 5.46. The molecule has 0 unspecified atom stereocenters. The minimum absolute atomic E-state index is 0.623. The summed E-state index contributed by atoms with van der Waals surface area (Å²) >= 11 is 0. The van der Waals surface area contributed by atoms with Crippen LogP contribution in [0.1, 0.15) is 13.8 Å². The summed E-state index contributed by atoms with van der Waals surface area (Å²) in [5.74, 6) is 1.67. The Morgan fingerprint density at radius 3 is 0.528 bits per heavy atom. The molecule has 0 aliphatic rings. The second kappa shape index (κ2) is 23.7. The highest BCUT2D eigenvalue weighted by Gasteiger charge is 2.68. The highest BCUT2D eigenvalue weighted by atomic mass is 29.3. The summed E-state index contributed by atoms with van der Waals surface area (Å²) in [4.78, 5) is 0. The minimum Gasteiger partial charge on any atom is -0.533 e. The van der Waals surface area contributed by atoms with Crippen LogP contribution in [0, 0.1) is 0 Å². The van der Waals surface area contributed by atoms with E-state index in [9.17, 15) is 0 Å². The van der Waals surface area contributed by atoms with Crippen molar-refractivity contribution in [1.29, 1.82) is 0 Å².